The third-order valence-corrected chi connectivity index (χ3v) is 3.98. The van der Waals surface area contributed by atoms with Gasteiger partial charge in [0.05, 0.1) is 0 Å². The van der Waals surface area contributed by atoms with E-state index in [0.29, 0.717) is 0 Å². The van der Waals surface area contributed by atoms with Crippen molar-refractivity contribution in [3.05, 3.63) is 0 Å². The SMILES string of the molecule is CCCC1CCC(CNCC)C(COC)C1. The molecule has 1 aliphatic carbocycles. The summed E-state index contributed by atoms with van der Waals surface area (Å²) < 4.78 is 5.39. The lowest BCUT2D eigenvalue weighted by molar-refractivity contribution is 0.0714. The lowest BCUT2D eigenvalue weighted by Crippen LogP contribution is -2.35. The summed E-state index contributed by atoms with van der Waals surface area (Å²) in [6.45, 7) is 7.72. The fourth-order valence-electron chi connectivity index (χ4n) is 3.11. The number of nitrogens with one attached hydrogen (secondary N) is 1. The Morgan fingerprint density at radius 3 is 2.62 bits per heavy atom. The van der Waals surface area contributed by atoms with Crippen molar-refractivity contribution in [3.63, 3.8) is 0 Å². The molecule has 96 valence electrons. The molecular formula is C14H29NO. The van der Waals surface area contributed by atoms with Crippen LogP contribution in [0.5, 0.6) is 0 Å². The van der Waals surface area contributed by atoms with Crippen molar-refractivity contribution in [2.75, 3.05) is 26.8 Å². The van der Waals surface area contributed by atoms with E-state index in [1.165, 1.54) is 38.6 Å². The van der Waals surface area contributed by atoms with E-state index in [0.717, 1.165) is 30.9 Å². The predicted molar refractivity (Wildman–Crippen MR) is 69.6 cm³/mol. The molecule has 1 saturated carbocycles. The van der Waals surface area contributed by atoms with Gasteiger partial charge >= 0.3 is 0 Å². The monoisotopic (exact) mass is 227 g/mol. The van der Waals surface area contributed by atoms with E-state index in [9.17, 15) is 0 Å². The number of methoxy groups -OCH3 is 1. The van der Waals surface area contributed by atoms with E-state index in [-0.39, 0.29) is 0 Å². The highest BCUT2D eigenvalue weighted by atomic mass is 16.5. The summed E-state index contributed by atoms with van der Waals surface area (Å²) in [6.07, 6.45) is 6.96. The summed E-state index contributed by atoms with van der Waals surface area (Å²) in [4.78, 5) is 0. The van der Waals surface area contributed by atoms with E-state index in [4.69, 9.17) is 4.74 Å². The van der Waals surface area contributed by atoms with Crippen LogP contribution in [0.1, 0.15) is 46.0 Å². The molecule has 0 aliphatic heterocycles. The van der Waals surface area contributed by atoms with Crippen LogP contribution in [-0.2, 0) is 4.74 Å². The molecule has 0 aromatic carbocycles. The Hall–Kier alpha value is -0.0800. The van der Waals surface area contributed by atoms with Crippen LogP contribution >= 0.6 is 0 Å². The molecule has 1 N–H and O–H groups in total. The first-order valence-corrected chi connectivity index (χ1v) is 7.01. The average Bonchev–Trinajstić information content (AvgIpc) is 2.29. The molecule has 0 amide bonds. The molecule has 0 bridgehead atoms. The standard InChI is InChI=1S/C14H29NO/c1-4-6-12-7-8-13(10-15-5-2)14(9-12)11-16-3/h12-15H,4-11H2,1-3H3. The summed E-state index contributed by atoms with van der Waals surface area (Å²) in [5.41, 5.74) is 0. The molecule has 0 aromatic rings. The zero-order valence-electron chi connectivity index (χ0n) is 11.3. The smallest absolute Gasteiger partial charge is 0.0493 e. The zero-order valence-corrected chi connectivity index (χ0v) is 11.3. The van der Waals surface area contributed by atoms with Gasteiger partial charge in [0.25, 0.3) is 0 Å². The largest absolute Gasteiger partial charge is 0.384 e. The van der Waals surface area contributed by atoms with Gasteiger partial charge < -0.3 is 10.1 Å². The highest BCUT2D eigenvalue weighted by Gasteiger charge is 2.29. The van der Waals surface area contributed by atoms with E-state index >= 15 is 0 Å². The molecule has 3 unspecified atom stereocenters. The Kier molecular flexibility index (Phi) is 7.06. The van der Waals surface area contributed by atoms with Gasteiger partial charge in [0.2, 0.25) is 0 Å². The van der Waals surface area contributed by atoms with Crippen LogP contribution in [0.3, 0.4) is 0 Å². The third-order valence-electron chi connectivity index (χ3n) is 3.98. The van der Waals surface area contributed by atoms with E-state index in [1.807, 2.05) is 7.11 Å². The Morgan fingerprint density at radius 1 is 1.19 bits per heavy atom. The van der Waals surface area contributed by atoms with Crippen molar-refractivity contribution in [3.8, 4) is 0 Å². The lowest BCUT2D eigenvalue weighted by atomic mass is 9.73. The van der Waals surface area contributed by atoms with E-state index < -0.39 is 0 Å². The second kappa shape index (κ2) is 8.08. The molecule has 2 nitrogen and oxygen atoms in total. The topological polar surface area (TPSA) is 21.3 Å². The van der Waals surface area contributed by atoms with Crippen LogP contribution < -0.4 is 5.32 Å². The summed E-state index contributed by atoms with van der Waals surface area (Å²) in [7, 11) is 1.84. The molecule has 0 saturated heterocycles. The molecule has 1 aliphatic rings. The summed E-state index contributed by atoms with van der Waals surface area (Å²) in [5, 5.41) is 3.50. The third kappa shape index (κ3) is 4.42. The first-order chi connectivity index (χ1) is 7.81. The van der Waals surface area contributed by atoms with E-state index in [2.05, 4.69) is 19.2 Å². The van der Waals surface area contributed by atoms with Gasteiger partial charge in [-0.15, -0.1) is 0 Å². The minimum atomic E-state index is 0.786. The highest BCUT2D eigenvalue weighted by Crippen LogP contribution is 2.35. The van der Waals surface area contributed by atoms with E-state index in [1.54, 1.807) is 0 Å². The van der Waals surface area contributed by atoms with Crippen LogP contribution in [0, 0.1) is 17.8 Å². The summed E-state index contributed by atoms with van der Waals surface area (Å²) in [5.74, 6) is 2.59. The Labute approximate surface area is 101 Å². The molecule has 3 atom stereocenters. The number of hydrogen-bond donors (Lipinski definition) is 1. The molecule has 16 heavy (non-hydrogen) atoms. The highest BCUT2D eigenvalue weighted by molar-refractivity contribution is 4.81. The fraction of sp³-hybridized carbons (Fsp3) is 1.00. The minimum absolute atomic E-state index is 0.786. The predicted octanol–water partition coefficient (Wildman–Crippen LogP) is 3.07. The molecule has 0 spiro atoms. The first kappa shape index (κ1) is 14.0. The Morgan fingerprint density at radius 2 is 2.00 bits per heavy atom. The van der Waals surface area contributed by atoms with Crippen LogP contribution in [0.15, 0.2) is 0 Å². The summed E-state index contributed by atoms with van der Waals surface area (Å²) in [6, 6.07) is 0. The van der Waals surface area contributed by atoms with Gasteiger partial charge in [-0.25, -0.2) is 0 Å². The van der Waals surface area contributed by atoms with Crippen molar-refractivity contribution in [1.29, 1.82) is 0 Å². The van der Waals surface area contributed by atoms with Crippen molar-refractivity contribution >= 4 is 0 Å². The average molecular weight is 227 g/mol. The van der Waals surface area contributed by atoms with Gasteiger partial charge in [-0.3, -0.25) is 0 Å². The first-order valence-electron chi connectivity index (χ1n) is 7.01. The van der Waals surface area contributed by atoms with Crippen LogP contribution in [0.25, 0.3) is 0 Å². The number of ether oxygens (including phenoxy) is 1. The Bertz CT molecular complexity index is 172. The molecule has 0 radical (unpaired) electrons. The molecule has 0 heterocycles. The Balaban J connectivity index is 2.39. The molecule has 2 heteroatoms. The van der Waals surface area contributed by atoms with Crippen molar-refractivity contribution < 1.29 is 4.74 Å². The van der Waals surface area contributed by atoms with Crippen molar-refractivity contribution in [2.24, 2.45) is 17.8 Å². The fourth-order valence-corrected chi connectivity index (χ4v) is 3.11. The zero-order chi connectivity index (χ0) is 11.8. The minimum Gasteiger partial charge on any atom is -0.384 e. The van der Waals surface area contributed by atoms with Gasteiger partial charge in [0.1, 0.15) is 0 Å². The van der Waals surface area contributed by atoms with Crippen molar-refractivity contribution in [2.45, 2.75) is 46.0 Å². The quantitative estimate of drug-likeness (QED) is 0.721. The summed E-state index contributed by atoms with van der Waals surface area (Å²) >= 11 is 0. The van der Waals surface area contributed by atoms with Crippen LogP contribution in [0.2, 0.25) is 0 Å². The van der Waals surface area contributed by atoms with Gasteiger partial charge in [0.15, 0.2) is 0 Å². The molecular weight excluding hydrogens is 198 g/mol. The van der Waals surface area contributed by atoms with Gasteiger partial charge in [-0.05, 0) is 43.7 Å². The lowest BCUT2D eigenvalue weighted by Gasteiger charge is -2.36. The maximum atomic E-state index is 5.39. The second-order valence-corrected chi connectivity index (χ2v) is 5.25. The number of hydrogen-bond acceptors (Lipinski definition) is 2. The number of rotatable bonds is 7. The van der Waals surface area contributed by atoms with Gasteiger partial charge in [-0.1, -0.05) is 33.1 Å². The maximum Gasteiger partial charge on any atom is 0.0493 e. The molecule has 0 aromatic heterocycles. The normalized spacial score (nSPS) is 30.6. The molecule has 1 fully saturated rings. The van der Waals surface area contributed by atoms with Crippen molar-refractivity contribution in [1.82, 2.24) is 5.32 Å². The van der Waals surface area contributed by atoms with Gasteiger partial charge in [0, 0.05) is 13.7 Å². The maximum absolute atomic E-state index is 5.39. The van der Waals surface area contributed by atoms with Crippen LogP contribution in [0.4, 0.5) is 0 Å². The van der Waals surface area contributed by atoms with Crippen LogP contribution in [-0.4, -0.2) is 26.8 Å². The molecule has 1 rings (SSSR count). The second-order valence-electron chi connectivity index (χ2n) is 5.25. The van der Waals surface area contributed by atoms with Gasteiger partial charge in [-0.2, -0.15) is 0 Å².